The number of aromatic amines is 1. The van der Waals surface area contributed by atoms with Crippen LogP contribution >= 0.6 is 11.8 Å². The summed E-state index contributed by atoms with van der Waals surface area (Å²) in [6.07, 6.45) is 4.32. The largest absolute Gasteiger partial charge is 0.341 e. The van der Waals surface area contributed by atoms with Crippen LogP contribution in [-0.2, 0) is 0 Å². The predicted molar refractivity (Wildman–Crippen MR) is 65.5 cm³/mol. The van der Waals surface area contributed by atoms with Gasteiger partial charge in [0.15, 0.2) is 5.65 Å². The molecule has 0 aliphatic rings. The Labute approximate surface area is 98.5 Å². The van der Waals surface area contributed by atoms with Gasteiger partial charge in [-0.2, -0.15) is 0 Å². The molecule has 6 heteroatoms. The Morgan fingerprint density at radius 1 is 1.44 bits per heavy atom. The summed E-state index contributed by atoms with van der Waals surface area (Å²) in [6.45, 7) is 2.17. The van der Waals surface area contributed by atoms with E-state index in [0.717, 1.165) is 28.4 Å². The Morgan fingerprint density at radius 2 is 2.31 bits per heavy atom. The van der Waals surface area contributed by atoms with E-state index in [9.17, 15) is 0 Å². The van der Waals surface area contributed by atoms with Crippen molar-refractivity contribution in [3.63, 3.8) is 0 Å². The number of hydrogen-bond donors (Lipinski definition) is 2. The Balaban J connectivity index is 2.11. The highest BCUT2D eigenvalue weighted by Crippen LogP contribution is 2.22. The molecule has 0 saturated carbocycles. The van der Waals surface area contributed by atoms with Crippen molar-refractivity contribution in [3.05, 3.63) is 12.7 Å². The molecule has 0 bridgehead atoms. The Hall–Kier alpha value is -1.14. The molecule has 1 unspecified atom stereocenters. The van der Waals surface area contributed by atoms with Gasteiger partial charge >= 0.3 is 0 Å². The van der Waals surface area contributed by atoms with E-state index in [-0.39, 0.29) is 0 Å². The fourth-order valence-electron chi connectivity index (χ4n) is 1.44. The number of nitrogens with zero attached hydrogens (tertiary/aromatic N) is 3. The minimum atomic E-state index is 0.512. The van der Waals surface area contributed by atoms with Crippen LogP contribution in [-0.4, -0.2) is 38.8 Å². The van der Waals surface area contributed by atoms with E-state index >= 15 is 0 Å². The number of imidazole rings is 1. The van der Waals surface area contributed by atoms with Crippen molar-refractivity contribution in [1.82, 2.24) is 25.3 Å². The molecule has 5 nitrogen and oxygen atoms in total. The monoisotopic (exact) mass is 237 g/mol. The molecule has 2 heterocycles. The molecule has 86 valence electrons. The van der Waals surface area contributed by atoms with Gasteiger partial charge in [0.05, 0.1) is 6.33 Å². The van der Waals surface area contributed by atoms with Crippen LogP contribution in [0.25, 0.3) is 11.2 Å². The molecule has 0 amide bonds. The topological polar surface area (TPSA) is 66.5 Å². The number of fused-ring (bicyclic) bond motifs is 1. The molecule has 2 N–H and O–H groups in total. The molecule has 0 spiro atoms. The SMILES string of the molecule is CCC(CSc1ncnc2nc[nH]c12)NC. The normalized spacial score (nSPS) is 13.1. The molecular formula is C10H15N5S. The van der Waals surface area contributed by atoms with Crippen LogP contribution in [0.15, 0.2) is 17.7 Å². The van der Waals surface area contributed by atoms with Gasteiger partial charge in [-0.05, 0) is 13.5 Å². The van der Waals surface area contributed by atoms with Crippen molar-refractivity contribution < 1.29 is 0 Å². The molecule has 1 atom stereocenters. The van der Waals surface area contributed by atoms with E-state index in [1.807, 2.05) is 7.05 Å². The fraction of sp³-hybridized carbons (Fsp3) is 0.500. The summed E-state index contributed by atoms with van der Waals surface area (Å²) in [5, 5.41) is 4.24. The summed E-state index contributed by atoms with van der Waals surface area (Å²) in [5.41, 5.74) is 1.66. The minimum absolute atomic E-state index is 0.512. The molecule has 2 aromatic heterocycles. The average Bonchev–Trinajstić information content (AvgIpc) is 2.79. The third-order valence-electron chi connectivity index (χ3n) is 2.51. The second-order valence-corrected chi connectivity index (χ2v) is 4.49. The first-order valence-electron chi connectivity index (χ1n) is 5.29. The Kier molecular flexibility index (Phi) is 3.74. The molecule has 0 radical (unpaired) electrons. The van der Waals surface area contributed by atoms with E-state index < -0.39 is 0 Å². The van der Waals surface area contributed by atoms with E-state index in [1.165, 1.54) is 0 Å². The molecule has 0 aromatic carbocycles. The summed E-state index contributed by atoms with van der Waals surface area (Å²) in [7, 11) is 1.99. The zero-order valence-corrected chi connectivity index (χ0v) is 10.2. The van der Waals surface area contributed by atoms with Gasteiger partial charge in [0.2, 0.25) is 0 Å². The number of thioether (sulfide) groups is 1. The van der Waals surface area contributed by atoms with E-state index in [4.69, 9.17) is 0 Å². The maximum atomic E-state index is 4.27. The summed E-state index contributed by atoms with van der Waals surface area (Å²) in [4.78, 5) is 15.5. The van der Waals surface area contributed by atoms with Gasteiger partial charge in [0.25, 0.3) is 0 Å². The van der Waals surface area contributed by atoms with E-state index in [1.54, 1.807) is 24.4 Å². The van der Waals surface area contributed by atoms with Crippen LogP contribution in [0.3, 0.4) is 0 Å². The lowest BCUT2D eigenvalue weighted by atomic mass is 10.3. The van der Waals surface area contributed by atoms with Crippen LogP contribution < -0.4 is 5.32 Å². The van der Waals surface area contributed by atoms with Crippen molar-refractivity contribution in [2.75, 3.05) is 12.8 Å². The third kappa shape index (κ3) is 2.33. The summed E-state index contributed by atoms with van der Waals surface area (Å²) >= 11 is 1.73. The molecular weight excluding hydrogens is 222 g/mol. The van der Waals surface area contributed by atoms with Crippen LogP contribution in [0.5, 0.6) is 0 Å². The first-order chi connectivity index (χ1) is 7.85. The molecule has 2 rings (SSSR count). The average molecular weight is 237 g/mol. The second-order valence-electron chi connectivity index (χ2n) is 3.48. The highest BCUT2D eigenvalue weighted by molar-refractivity contribution is 7.99. The van der Waals surface area contributed by atoms with Gasteiger partial charge in [-0.3, -0.25) is 0 Å². The number of hydrogen-bond acceptors (Lipinski definition) is 5. The van der Waals surface area contributed by atoms with Crippen LogP contribution in [0.2, 0.25) is 0 Å². The predicted octanol–water partition coefficient (Wildman–Crippen LogP) is 1.44. The van der Waals surface area contributed by atoms with Crippen molar-refractivity contribution in [2.24, 2.45) is 0 Å². The maximum absolute atomic E-state index is 4.27. The van der Waals surface area contributed by atoms with Crippen LogP contribution in [0.1, 0.15) is 13.3 Å². The number of aromatic nitrogens is 4. The lowest BCUT2D eigenvalue weighted by molar-refractivity contribution is 0.601. The van der Waals surface area contributed by atoms with Gasteiger partial charge in [0.1, 0.15) is 16.9 Å². The number of H-pyrrole nitrogens is 1. The van der Waals surface area contributed by atoms with Gasteiger partial charge in [-0.15, -0.1) is 11.8 Å². The number of rotatable bonds is 5. The minimum Gasteiger partial charge on any atom is -0.341 e. The Morgan fingerprint density at radius 3 is 3.06 bits per heavy atom. The van der Waals surface area contributed by atoms with Gasteiger partial charge < -0.3 is 10.3 Å². The standard InChI is InChI=1S/C10H15N5S/c1-3-7(11-2)4-16-10-8-9(13-5-12-8)14-6-15-10/h5-7,11H,3-4H2,1-2H3,(H,12,13,14,15). The van der Waals surface area contributed by atoms with Crippen molar-refractivity contribution in [2.45, 2.75) is 24.4 Å². The smallest absolute Gasteiger partial charge is 0.181 e. The van der Waals surface area contributed by atoms with E-state index in [0.29, 0.717) is 6.04 Å². The first-order valence-corrected chi connectivity index (χ1v) is 6.27. The quantitative estimate of drug-likeness (QED) is 0.608. The van der Waals surface area contributed by atoms with Crippen molar-refractivity contribution in [1.29, 1.82) is 0 Å². The molecule has 0 aliphatic carbocycles. The highest BCUT2D eigenvalue weighted by Gasteiger charge is 2.09. The summed E-state index contributed by atoms with van der Waals surface area (Å²) in [6, 6.07) is 0.512. The Bertz CT molecular complexity index is 451. The third-order valence-corrected chi connectivity index (χ3v) is 3.66. The summed E-state index contributed by atoms with van der Waals surface area (Å²) < 4.78 is 0. The first kappa shape index (κ1) is 11.3. The van der Waals surface area contributed by atoms with E-state index in [2.05, 4.69) is 32.2 Å². The maximum Gasteiger partial charge on any atom is 0.181 e. The lowest BCUT2D eigenvalue weighted by Gasteiger charge is -2.12. The zero-order chi connectivity index (χ0) is 11.4. The second kappa shape index (κ2) is 5.27. The number of nitrogens with one attached hydrogen (secondary N) is 2. The van der Waals surface area contributed by atoms with Crippen LogP contribution in [0.4, 0.5) is 0 Å². The molecule has 0 saturated heterocycles. The van der Waals surface area contributed by atoms with Gasteiger partial charge in [0, 0.05) is 11.8 Å². The highest BCUT2D eigenvalue weighted by atomic mass is 32.2. The van der Waals surface area contributed by atoms with Crippen molar-refractivity contribution >= 4 is 22.9 Å². The lowest BCUT2D eigenvalue weighted by Crippen LogP contribution is -2.26. The molecule has 16 heavy (non-hydrogen) atoms. The molecule has 0 fully saturated rings. The van der Waals surface area contributed by atoms with Gasteiger partial charge in [-0.1, -0.05) is 6.92 Å². The fourth-order valence-corrected chi connectivity index (χ4v) is 2.61. The molecule has 2 aromatic rings. The van der Waals surface area contributed by atoms with Crippen LogP contribution in [0, 0.1) is 0 Å². The zero-order valence-electron chi connectivity index (χ0n) is 9.40. The summed E-state index contributed by atoms with van der Waals surface area (Å²) in [5.74, 6) is 0.998. The van der Waals surface area contributed by atoms with Crippen molar-refractivity contribution in [3.8, 4) is 0 Å². The van der Waals surface area contributed by atoms with Gasteiger partial charge in [-0.25, -0.2) is 15.0 Å². The molecule has 0 aliphatic heterocycles.